The Morgan fingerprint density at radius 1 is 1.30 bits per heavy atom. The number of anilines is 1. The molecular weight excluding hydrogens is 440 g/mol. The maximum Gasteiger partial charge on any atom is 0.269 e. The fraction of sp³-hybridized carbons (Fsp3) is 0.381. The second-order valence-corrected chi connectivity index (χ2v) is 9.79. The van der Waals surface area contributed by atoms with Crippen LogP contribution in [0.2, 0.25) is 5.02 Å². The molecule has 4 rings (SSSR count). The predicted octanol–water partition coefficient (Wildman–Crippen LogP) is 5.09. The molecule has 1 saturated heterocycles. The van der Waals surface area contributed by atoms with Gasteiger partial charge in [-0.15, -0.1) is 22.7 Å². The molecule has 30 heavy (non-hydrogen) atoms. The van der Waals surface area contributed by atoms with Crippen molar-refractivity contribution in [2.24, 2.45) is 0 Å². The third kappa shape index (κ3) is 5.07. The highest BCUT2D eigenvalue weighted by Crippen LogP contribution is 2.30. The van der Waals surface area contributed by atoms with Gasteiger partial charge < -0.3 is 4.74 Å². The topological polar surface area (TPSA) is 67.4 Å². The molecule has 2 unspecified atom stereocenters. The zero-order valence-electron chi connectivity index (χ0n) is 17.0. The van der Waals surface area contributed by atoms with Crippen molar-refractivity contribution in [3.05, 3.63) is 50.9 Å². The van der Waals surface area contributed by atoms with E-state index in [1.165, 1.54) is 22.7 Å². The van der Waals surface area contributed by atoms with Crippen LogP contribution in [0.5, 0.6) is 0 Å². The molecule has 1 N–H and O–H groups in total. The number of halogens is 1. The van der Waals surface area contributed by atoms with Crippen molar-refractivity contribution < 1.29 is 9.53 Å². The molecule has 1 aromatic carbocycles. The van der Waals surface area contributed by atoms with Crippen LogP contribution in [0.4, 0.5) is 5.13 Å². The smallest absolute Gasteiger partial charge is 0.269 e. The first-order valence-electron chi connectivity index (χ1n) is 9.74. The van der Waals surface area contributed by atoms with Crippen molar-refractivity contribution >= 4 is 45.3 Å². The van der Waals surface area contributed by atoms with Crippen molar-refractivity contribution in [3.63, 3.8) is 0 Å². The molecule has 1 amide bonds. The third-order valence-corrected chi connectivity index (χ3v) is 6.97. The quantitative estimate of drug-likeness (QED) is 0.572. The van der Waals surface area contributed by atoms with Crippen molar-refractivity contribution in [1.29, 1.82) is 0 Å². The Balaban J connectivity index is 1.42. The number of carbonyl (C=O) groups is 1. The molecule has 0 spiro atoms. The summed E-state index contributed by atoms with van der Waals surface area (Å²) in [5, 5.41) is 6.93. The van der Waals surface area contributed by atoms with Crippen molar-refractivity contribution in [1.82, 2.24) is 14.9 Å². The van der Waals surface area contributed by atoms with Gasteiger partial charge in [0.15, 0.2) is 5.13 Å². The number of amides is 1. The van der Waals surface area contributed by atoms with E-state index in [-0.39, 0.29) is 18.1 Å². The minimum atomic E-state index is -0.187. The lowest BCUT2D eigenvalue weighted by Gasteiger charge is -2.34. The molecule has 9 heteroatoms. The lowest BCUT2D eigenvalue weighted by atomic mass is 10.2. The number of nitrogens with one attached hydrogen (secondary N) is 1. The average molecular weight is 463 g/mol. The fourth-order valence-corrected chi connectivity index (χ4v) is 5.43. The Morgan fingerprint density at radius 3 is 2.80 bits per heavy atom. The van der Waals surface area contributed by atoms with Crippen molar-refractivity contribution in [3.8, 4) is 10.6 Å². The van der Waals surface area contributed by atoms with Gasteiger partial charge in [0, 0.05) is 35.6 Å². The van der Waals surface area contributed by atoms with Crippen LogP contribution in [0, 0.1) is 6.92 Å². The van der Waals surface area contributed by atoms with Gasteiger partial charge in [-0.2, -0.15) is 0 Å². The highest BCUT2D eigenvalue weighted by molar-refractivity contribution is 7.17. The summed E-state index contributed by atoms with van der Waals surface area (Å²) in [4.78, 5) is 24.9. The minimum absolute atomic E-state index is 0.187. The maximum absolute atomic E-state index is 12.8. The molecule has 2 atom stereocenters. The van der Waals surface area contributed by atoms with Gasteiger partial charge in [0.25, 0.3) is 5.91 Å². The molecule has 1 fully saturated rings. The summed E-state index contributed by atoms with van der Waals surface area (Å²) >= 11 is 8.88. The number of morpholine rings is 1. The van der Waals surface area contributed by atoms with E-state index in [2.05, 4.69) is 34.0 Å². The lowest BCUT2D eigenvalue weighted by Crippen LogP contribution is -2.44. The predicted molar refractivity (Wildman–Crippen MR) is 123 cm³/mol. The summed E-state index contributed by atoms with van der Waals surface area (Å²) in [6.45, 7) is 8.54. The van der Waals surface area contributed by atoms with Gasteiger partial charge in [-0.3, -0.25) is 15.0 Å². The molecule has 0 bridgehead atoms. The number of rotatable bonds is 5. The third-order valence-electron chi connectivity index (χ3n) is 4.73. The number of hydrogen-bond donors (Lipinski definition) is 1. The monoisotopic (exact) mass is 462 g/mol. The minimum Gasteiger partial charge on any atom is -0.373 e. The van der Waals surface area contributed by atoms with Gasteiger partial charge in [0.2, 0.25) is 0 Å². The van der Waals surface area contributed by atoms with Gasteiger partial charge in [0.05, 0.1) is 23.6 Å². The second-order valence-electron chi connectivity index (χ2n) is 7.49. The van der Waals surface area contributed by atoms with Crippen LogP contribution >= 0.6 is 34.3 Å². The van der Waals surface area contributed by atoms with E-state index < -0.39 is 0 Å². The Morgan fingerprint density at radius 2 is 2.07 bits per heavy atom. The van der Waals surface area contributed by atoms with Crippen molar-refractivity contribution in [2.75, 3.05) is 18.4 Å². The zero-order chi connectivity index (χ0) is 21.3. The van der Waals surface area contributed by atoms with Crippen LogP contribution in [0.25, 0.3) is 10.6 Å². The van der Waals surface area contributed by atoms with E-state index in [4.69, 9.17) is 16.3 Å². The number of aryl methyl sites for hydroxylation is 1. The number of carbonyl (C=O) groups excluding carboxylic acids is 1. The van der Waals surface area contributed by atoms with Gasteiger partial charge in [-0.05, 0) is 32.9 Å². The number of hydrogen-bond acceptors (Lipinski definition) is 7. The second kappa shape index (κ2) is 9.11. The van der Waals surface area contributed by atoms with Crippen LogP contribution in [-0.2, 0) is 11.3 Å². The summed E-state index contributed by atoms with van der Waals surface area (Å²) in [6, 6.07) is 7.48. The Bertz CT molecular complexity index is 1040. The van der Waals surface area contributed by atoms with Gasteiger partial charge in [-0.25, -0.2) is 9.97 Å². The highest BCUT2D eigenvalue weighted by Gasteiger charge is 2.23. The molecule has 1 aliphatic heterocycles. The molecule has 0 aliphatic carbocycles. The Labute approximate surface area is 188 Å². The van der Waals surface area contributed by atoms with Crippen LogP contribution in [0.3, 0.4) is 0 Å². The Hall–Kier alpha value is -1.84. The average Bonchev–Trinajstić information content (AvgIpc) is 3.27. The number of nitrogens with zero attached hydrogens (tertiary/aromatic N) is 3. The maximum atomic E-state index is 12.8. The molecule has 3 aromatic rings. The molecular formula is C21H23ClN4O2S2. The summed E-state index contributed by atoms with van der Waals surface area (Å²) < 4.78 is 5.78. The van der Waals surface area contributed by atoms with E-state index in [0.717, 1.165) is 35.9 Å². The first-order valence-corrected chi connectivity index (χ1v) is 11.8. The molecule has 1 aliphatic rings. The van der Waals surface area contributed by atoms with E-state index >= 15 is 0 Å². The van der Waals surface area contributed by atoms with E-state index in [9.17, 15) is 4.79 Å². The number of thiazole rings is 2. The highest BCUT2D eigenvalue weighted by atomic mass is 35.5. The largest absolute Gasteiger partial charge is 0.373 e. The number of ether oxygens (including phenoxy) is 1. The Kier molecular flexibility index (Phi) is 6.50. The summed E-state index contributed by atoms with van der Waals surface area (Å²) in [5.41, 5.74) is 2.55. The number of aromatic nitrogens is 2. The first-order chi connectivity index (χ1) is 14.4. The van der Waals surface area contributed by atoms with Crippen molar-refractivity contribution in [2.45, 2.75) is 39.5 Å². The van der Waals surface area contributed by atoms with E-state index in [1.54, 1.807) is 0 Å². The first kappa shape index (κ1) is 21.4. The normalized spacial score (nSPS) is 19.7. The van der Waals surface area contributed by atoms with E-state index in [0.29, 0.717) is 20.7 Å². The van der Waals surface area contributed by atoms with Gasteiger partial charge in [-0.1, -0.05) is 23.7 Å². The molecule has 0 saturated carbocycles. The van der Waals surface area contributed by atoms with Gasteiger partial charge >= 0.3 is 0 Å². The molecule has 3 heterocycles. The summed E-state index contributed by atoms with van der Waals surface area (Å²) in [5.74, 6) is -0.187. The van der Waals surface area contributed by atoms with Gasteiger partial charge in [0.1, 0.15) is 9.88 Å². The fourth-order valence-electron chi connectivity index (χ4n) is 3.59. The van der Waals surface area contributed by atoms with Crippen LogP contribution < -0.4 is 5.32 Å². The van der Waals surface area contributed by atoms with Crippen LogP contribution in [0.15, 0.2) is 29.6 Å². The summed E-state index contributed by atoms with van der Waals surface area (Å²) in [6.07, 6.45) is 0.434. The molecule has 0 radical (unpaired) electrons. The standard InChI is InChI=1S/C21H23ClN4O2S2/c1-12-8-26(9-13(2)28-12)10-17-11-29-21(24-17)25-19(27)18-14(3)23-20(30-18)15-5-4-6-16(22)7-15/h4-7,11-13H,8-10H2,1-3H3,(H,24,25,27). The van der Waals surface area contributed by atoms with E-state index in [1.807, 2.05) is 36.6 Å². The molecule has 158 valence electrons. The van der Waals surface area contributed by atoms with Crippen LogP contribution in [0.1, 0.15) is 34.9 Å². The molecule has 6 nitrogen and oxygen atoms in total. The lowest BCUT2D eigenvalue weighted by molar-refractivity contribution is -0.0707. The summed E-state index contributed by atoms with van der Waals surface area (Å²) in [7, 11) is 0. The zero-order valence-corrected chi connectivity index (χ0v) is 19.4. The molecule has 2 aromatic heterocycles. The van der Waals surface area contributed by atoms with Crippen LogP contribution in [-0.4, -0.2) is 46.1 Å². The SMILES string of the molecule is Cc1nc(-c2cccc(Cl)c2)sc1C(=O)Nc1nc(CN2CC(C)OC(C)C2)cs1. The number of benzene rings is 1.